The van der Waals surface area contributed by atoms with Crippen LogP contribution in [0.1, 0.15) is 46.8 Å². The lowest BCUT2D eigenvalue weighted by Crippen LogP contribution is -2.28. The van der Waals surface area contributed by atoms with E-state index in [9.17, 15) is 14.4 Å². The van der Waals surface area contributed by atoms with Crippen LogP contribution in [0.25, 0.3) is 0 Å². The topological polar surface area (TPSA) is 102 Å². The van der Waals surface area contributed by atoms with Gasteiger partial charge in [0.15, 0.2) is 0 Å². The van der Waals surface area contributed by atoms with Gasteiger partial charge in [0.05, 0.1) is 18.4 Å². The molecule has 158 valence electrons. The van der Waals surface area contributed by atoms with E-state index in [2.05, 4.69) is 5.32 Å². The number of carboxylic acid groups (broad SMARTS) is 1. The zero-order valence-corrected chi connectivity index (χ0v) is 18.3. The van der Waals surface area contributed by atoms with E-state index in [1.165, 1.54) is 7.11 Å². The van der Waals surface area contributed by atoms with Crippen molar-refractivity contribution in [3.63, 3.8) is 0 Å². The lowest BCUT2D eigenvalue weighted by Gasteiger charge is -2.21. The van der Waals surface area contributed by atoms with Crippen molar-refractivity contribution in [1.82, 2.24) is 0 Å². The number of alkyl halides is 3. The highest BCUT2D eigenvalue weighted by Crippen LogP contribution is 2.42. The number of carbonyl (C=O) groups is 3. The van der Waals surface area contributed by atoms with Crippen molar-refractivity contribution < 1.29 is 29.0 Å². The largest absolute Gasteiger partial charge is 0.496 e. The van der Waals surface area contributed by atoms with Crippen molar-refractivity contribution >= 4 is 58.3 Å². The molecule has 0 spiro atoms. The molecule has 1 aromatic carbocycles. The predicted molar refractivity (Wildman–Crippen MR) is 110 cm³/mol. The van der Waals surface area contributed by atoms with Gasteiger partial charge in [-0.15, -0.1) is 0 Å². The van der Waals surface area contributed by atoms with Crippen molar-refractivity contribution in [3.8, 4) is 5.75 Å². The number of hydrogen-bond donors (Lipinski definition) is 2. The molecule has 0 aliphatic carbocycles. The molecule has 0 atom stereocenters. The summed E-state index contributed by atoms with van der Waals surface area (Å²) in [6, 6.07) is 0. The summed E-state index contributed by atoms with van der Waals surface area (Å²) in [6.07, 6.45) is 2.41. The normalized spacial score (nSPS) is 13.7. The van der Waals surface area contributed by atoms with Gasteiger partial charge in [-0.1, -0.05) is 46.5 Å². The number of carboxylic acids is 1. The van der Waals surface area contributed by atoms with Gasteiger partial charge in [-0.2, -0.15) is 0 Å². The number of carbonyl (C=O) groups excluding carboxylic acids is 2. The Kier molecular flexibility index (Phi) is 7.43. The van der Waals surface area contributed by atoms with Crippen LogP contribution >= 0.6 is 34.8 Å². The maximum atomic E-state index is 12.3. The van der Waals surface area contributed by atoms with Gasteiger partial charge in [0.1, 0.15) is 12.4 Å². The summed E-state index contributed by atoms with van der Waals surface area (Å²) in [5, 5.41) is 11.4. The molecule has 2 N–H and O–H groups in total. The van der Waals surface area contributed by atoms with Crippen molar-refractivity contribution in [2.24, 2.45) is 0 Å². The molecule has 0 fully saturated rings. The Morgan fingerprint density at radius 1 is 1.31 bits per heavy atom. The first-order valence-corrected chi connectivity index (χ1v) is 9.75. The summed E-state index contributed by atoms with van der Waals surface area (Å²) in [5.74, 6) is -1.97. The van der Waals surface area contributed by atoms with E-state index < -0.39 is 21.6 Å². The molecule has 1 aromatic rings. The van der Waals surface area contributed by atoms with E-state index in [0.717, 1.165) is 5.57 Å². The number of benzene rings is 1. The van der Waals surface area contributed by atoms with Crippen LogP contribution in [0.4, 0.5) is 5.69 Å². The maximum absolute atomic E-state index is 12.3. The van der Waals surface area contributed by atoms with E-state index in [0.29, 0.717) is 28.9 Å². The molecule has 2 rings (SSSR count). The Labute approximate surface area is 182 Å². The number of anilines is 1. The molecular weight excluding hydrogens is 445 g/mol. The molecule has 0 saturated carbocycles. The van der Waals surface area contributed by atoms with Crippen LogP contribution in [0.3, 0.4) is 0 Å². The van der Waals surface area contributed by atoms with Gasteiger partial charge in [0, 0.05) is 17.5 Å². The Morgan fingerprint density at radius 3 is 2.52 bits per heavy atom. The average molecular weight is 465 g/mol. The molecule has 0 unspecified atom stereocenters. The molecule has 0 radical (unpaired) electrons. The Hall–Kier alpha value is -1.96. The van der Waals surface area contributed by atoms with Crippen LogP contribution in [-0.4, -0.2) is 33.9 Å². The minimum atomic E-state index is -2.24. The fraction of sp³-hybridized carbons (Fsp3) is 0.421. The number of nitrogens with one attached hydrogen (secondary N) is 1. The molecular formula is C19H20Cl3NO6. The van der Waals surface area contributed by atoms with Gasteiger partial charge in [-0.25, -0.2) is 4.79 Å². The van der Waals surface area contributed by atoms with Crippen LogP contribution in [0.15, 0.2) is 11.6 Å². The summed E-state index contributed by atoms with van der Waals surface area (Å²) in [7, 11) is 1.47. The zero-order valence-electron chi connectivity index (χ0n) is 16.0. The van der Waals surface area contributed by atoms with Gasteiger partial charge in [0.25, 0.3) is 9.70 Å². The van der Waals surface area contributed by atoms with E-state index >= 15 is 0 Å². The number of allylic oxidation sites excluding steroid dienone is 2. The highest BCUT2D eigenvalue weighted by Gasteiger charge is 2.36. The van der Waals surface area contributed by atoms with Crippen LogP contribution in [0, 0.1) is 6.92 Å². The third kappa shape index (κ3) is 5.35. The molecule has 0 saturated heterocycles. The number of methoxy groups -OCH3 is 1. The first-order valence-electron chi connectivity index (χ1n) is 8.62. The molecule has 0 aromatic heterocycles. The summed E-state index contributed by atoms with van der Waals surface area (Å²) < 4.78 is 8.43. The number of ether oxygens (including phenoxy) is 2. The Balaban J connectivity index is 2.57. The van der Waals surface area contributed by atoms with Gasteiger partial charge in [-0.3, -0.25) is 9.59 Å². The van der Waals surface area contributed by atoms with Gasteiger partial charge >= 0.3 is 11.9 Å². The van der Waals surface area contributed by atoms with Gasteiger partial charge in [-0.05, 0) is 32.3 Å². The fourth-order valence-electron chi connectivity index (χ4n) is 3.06. The van der Waals surface area contributed by atoms with Crippen molar-refractivity contribution in [2.45, 2.75) is 43.5 Å². The van der Waals surface area contributed by atoms with Crippen LogP contribution < -0.4 is 10.1 Å². The molecule has 1 aliphatic heterocycles. The molecule has 29 heavy (non-hydrogen) atoms. The van der Waals surface area contributed by atoms with Crippen LogP contribution in [0.2, 0.25) is 0 Å². The second kappa shape index (κ2) is 9.24. The molecule has 1 amide bonds. The third-order valence-corrected chi connectivity index (χ3v) is 5.08. The van der Waals surface area contributed by atoms with Crippen molar-refractivity contribution in [3.05, 3.63) is 33.9 Å². The third-order valence-electron chi connectivity index (χ3n) is 4.56. The lowest BCUT2D eigenvalue weighted by atomic mass is 9.93. The van der Waals surface area contributed by atoms with E-state index in [1.807, 2.05) is 0 Å². The highest BCUT2D eigenvalue weighted by molar-refractivity contribution is 6.76. The number of hydrogen-bond acceptors (Lipinski definition) is 5. The highest BCUT2D eigenvalue weighted by atomic mass is 35.6. The number of rotatable bonds is 7. The smallest absolute Gasteiger partial charge is 0.341 e. The fourth-order valence-corrected chi connectivity index (χ4v) is 3.20. The molecule has 0 bridgehead atoms. The summed E-state index contributed by atoms with van der Waals surface area (Å²) in [5.41, 5.74) is 2.96. The molecule has 1 aliphatic rings. The Morgan fingerprint density at radius 2 is 1.97 bits per heavy atom. The van der Waals surface area contributed by atoms with Crippen LogP contribution in [0.5, 0.6) is 5.75 Å². The maximum Gasteiger partial charge on any atom is 0.341 e. The molecule has 7 nitrogen and oxygen atoms in total. The van der Waals surface area contributed by atoms with E-state index in [-0.39, 0.29) is 30.7 Å². The average Bonchev–Trinajstić information content (AvgIpc) is 3.01. The predicted octanol–water partition coefficient (Wildman–Crippen LogP) is 4.34. The first kappa shape index (κ1) is 23.3. The Bertz CT molecular complexity index is 889. The number of amides is 1. The van der Waals surface area contributed by atoms with E-state index in [4.69, 9.17) is 49.4 Å². The first-order chi connectivity index (χ1) is 13.5. The number of halogens is 3. The number of aliphatic carboxylic acids is 1. The van der Waals surface area contributed by atoms with Gasteiger partial charge < -0.3 is 19.9 Å². The summed E-state index contributed by atoms with van der Waals surface area (Å²) in [4.78, 5) is 35.4. The standard InChI is InChI=1S/C19H20Cl3NO6/c1-9(5-7-13(24)25)4-6-11-15(23-18(27)19(20,21)22)14-12(8-29-17(14)26)10(2)16(11)28-3/h4H,5-8H2,1-3H3,(H,23,27)(H,24,25)/b9-4+. The minimum Gasteiger partial charge on any atom is -0.496 e. The molecule has 1 heterocycles. The quantitative estimate of drug-likeness (QED) is 0.354. The van der Waals surface area contributed by atoms with Crippen molar-refractivity contribution in [1.29, 1.82) is 0 Å². The SMILES string of the molecule is COc1c(C)c2c(c(NC(=O)C(Cl)(Cl)Cl)c1C/C=C(\C)CCC(=O)O)C(=O)OC2. The van der Waals surface area contributed by atoms with Crippen LogP contribution in [-0.2, 0) is 27.4 Å². The second-order valence-corrected chi connectivity index (χ2v) is 8.82. The van der Waals surface area contributed by atoms with E-state index in [1.54, 1.807) is 19.9 Å². The van der Waals surface area contributed by atoms with Crippen molar-refractivity contribution in [2.75, 3.05) is 12.4 Å². The number of fused-ring (bicyclic) bond motifs is 1. The minimum absolute atomic E-state index is 0.00807. The molecule has 10 heteroatoms. The monoisotopic (exact) mass is 463 g/mol. The van der Waals surface area contributed by atoms with Gasteiger partial charge in [0.2, 0.25) is 0 Å². The lowest BCUT2D eigenvalue weighted by molar-refractivity contribution is -0.137. The summed E-state index contributed by atoms with van der Waals surface area (Å²) >= 11 is 17.0. The number of cyclic esters (lactones) is 1. The zero-order chi connectivity index (χ0) is 21.9. The number of esters is 1. The summed E-state index contributed by atoms with van der Waals surface area (Å²) in [6.45, 7) is 3.62. The second-order valence-electron chi connectivity index (χ2n) is 6.54.